The lowest BCUT2D eigenvalue weighted by atomic mass is 10.1. The van der Waals surface area contributed by atoms with E-state index in [4.69, 9.17) is 0 Å². The molecule has 0 saturated carbocycles. The highest BCUT2D eigenvalue weighted by Crippen LogP contribution is 2.16. The molecular weight excluding hydrogens is 318 g/mol. The number of carbonyl (C=O) groups excluding carboxylic acids is 2. The van der Waals surface area contributed by atoms with E-state index >= 15 is 0 Å². The molecule has 2 aromatic carbocycles. The van der Waals surface area contributed by atoms with Crippen LogP contribution in [-0.2, 0) is 0 Å². The van der Waals surface area contributed by atoms with Crippen LogP contribution in [0.5, 0.6) is 5.75 Å². The van der Waals surface area contributed by atoms with Gasteiger partial charge in [-0.15, -0.1) is 0 Å². The highest BCUT2D eigenvalue weighted by molar-refractivity contribution is 6.06. The van der Waals surface area contributed by atoms with Crippen LogP contribution < -0.4 is 10.6 Å². The smallest absolute Gasteiger partial charge is 0.255 e. The number of para-hydroxylation sites is 2. The Morgan fingerprint density at radius 2 is 1.48 bits per heavy atom. The van der Waals surface area contributed by atoms with Crippen molar-refractivity contribution in [3.05, 3.63) is 71.9 Å². The highest BCUT2D eigenvalue weighted by Gasteiger charge is 2.11. The number of benzene rings is 2. The number of pyridine rings is 1. The van der Waals surface area contributed by atoms with Crippen molar-refractivity contribution in [3.63, 3.8) is 0 Å². The summed E-state index contributed by atoms with van der Waals surface area (Å²) in [5, 5.41) is 15.8. The molecule has 0 fully saturated rings. The fourth-order valence-corrected chi connectivity index (χ4v) is 2.50. The average Bonchev–Trinajstić information content (AvgIpc) is 2.64. The number of nitrogens with zero attached hydrogens (tertiary/aromatic N) is 1. The van der Waals surface area contributed by atoms with E-state index in [9.17, 15) is 14.7 Å². The predicted molar refractivity (Wildman–Crippen MR) is 94.5 cm³/mol. The lowest BCUT2D eigenvalue weighted by Gasteiger charge is -2.09. The van der Waals surface area contributed by atoms with Gasteiger partial charge in [-0.1, -0.05) is 30.3 Å². The first kappa shape index (κ1) is 16.4. The fourth-order valence-electron chi connectivity index (χ4n) is 2.50. The normalized spacial score (nSPS) is 10.4. The summed E-state index contributed by atoms with van der Waals surface area (Å²) < 4.78 is 0. The Labute approximate surface area is 144 Å². The van der Waals surface area contributed by atoms with Gasteiger partial charge in [0.15, 0.2) is 0 Å². The standard InChI is InChI=1S/C19H17N3O3/c23-17-8-4-2-6-15(17)19(25)22-12-11-21-18(24)14-9-10-20-16-7-3-1-5-13(14)16/h1-10,23H,11-12H2,(H,21,24)(H,22,25). The van der Waals surface area contributed by atoms with Crippen LogP contribution in [-0.4, -0.2) is 35.0 Å². The molecule has 0 bridgehead atoms. The average molecular weight is 335 g/mol. The zero-order chi connectivity index (χ0) is 17.6. The largest absolute Gasteiger partial charge is 0.507 e. The first-order chi connectivity index (χ1) is 12.2. The number of amides is 2. The minimum Gasteiger partial charge on any atom is -0.507 e. The maximum atomic E-state index is 12.3. The summed E-state index contributed by atoms with van der Waals surface area (Å²) >= 11 is 0. The highest BCUT2D eigenvalue weighted by atomic mass is 16.3. The Morgan fingerprint density at radius 3 is 2.24 bits per heavy atom. The van der Waals surface area contributed by atoms with Crippen molar-refractivity contribution < 1.29 is 14.7 Å². The van der Waals surface area contributed by atoms with Gasteiger partial charge < -0.3 is 15.7 Å². The van der Waals surface area contributed by atoms with Crippen LogP contribution in [0.15, 0.2) is 60.8 Å². The molecule has 0 spiro atoms. The van der Waals surface area contributed by atoms with Crippen LogP contribution in [0.4, 0.5) is 0 Å². The molecule has 0 aliphatic heterocycles. The van der Waals surface area contributed by atoms with Crippen molar-refractivity contribution >= 4 is 22.7 Å². The summed E-state index contributed by atoms with van der Waals surface area (Å²) in [6, 6.07) is 15.4. The Hall–Kier alpha value is -3.41. The molecule has 3 aromatic rings. The first-order valence-corrected chi connectivity index (χ1v) is 7.85. The van der Waals surface area contributed by atoms with Gasteiger partial charge in [0, 0.05) is 24.7 Å². The molecule has 0 aliphatic carbocycles. The van der Waals surface area contributed by atoms with E-state index in [0.29, 0.717) is 5.56 Å². The number of hydrogen-bond donors (Lipinski definition) is 3. The van der Waals surface area contributed by atoms with Crippen molar-refractivity contribution in [1.29, 1.82) is 0 Å². The van der Waals surface area contributed by atoms with Gasteiger partial charge in [-0.2, -0.15) is 0 Å². The Balaban J connectivity index is 1.56. The number of carbonyl (C=O) groups is 2. The maximum Gasteiger partial charge on any atom is 0.255 e. The number of aromatic hydroxyl groups is 1. The van der Waals surface area contributed by atoms with E-state index in [0.717, 1.165) is 10.9 Å². The monoisotopic (exact) mass is 335 g/mol. The van der Waals surface area contributed by atoms with Gasteiger partial charge in [0.2, 0.25) is 0 Å². The fraction of sp³-hybridized carbons (Fsp3) is 0.105. The number of rotatable bonds is 5. The zero-order valence-corrected chi connectivity index (χ0v) is 13.4. The van der Waals surface area contributed by atoms with Crippen molar-refractivity contribution in [1.82, 2.24) is 15.6 Å². The summed E-state index contributed by atoms with van der Waals surface area (Å²) in [4.78, 5) is 28.5. The minimum atomic E-state index is -0.387. The van der Waals surface area contributed by atoms with Crippen molar-refractivity contribution in [3.8, 4) is 5.75 Å². The maximum absolute atomic E-state index is 12.3. The van der Waals surface area contributed by atoms with Crippen LogP contribution in [0.2, 0.25) is 0 Å². The van der Waals surface area contributed by atoms with E-state index in [-0.39, 0.29) is 36.2 Å². The molecule has 0 saturated heterocycles. The van der Waals surface area contributed by atoms with E-state index in [2.05, 4.69) is 15.6 Å². The summed E-state index contributed by atoms with van der Waals surface area (Å²) in [7, 11) is 0. The van der Waals surface area contributed by atoms with E-state index < -0.39 is 0 Å². The molecule has 0 radical (unpaired) electrons. The number of hydrogen-bond acceptors (Lipinski definition) is 4. The molecule has 3 rings (SSSR count). The number of phenolic OH excluding ortho intramolecular Hbond substituents is 1. The first-order valence-electron chi connectivity index (χ1n) is 7.85. The zero-order valence-electron chi connectivity index (χ0n) is 13.4. The van der Waals surface area contributed by atoms with Gasteiger partial charge in [-0.25, -0.2) is 0 Å². The number of phenols is 1. The van der Waals surface area contributed by atoms with Crippen molar-refractivity contribution in [2.75, 3.05) is 13.1 Å². The Morgan fingerprint density at radius 1 is 0.840 bits per heavy atom. The van der Waals surface area contributed by atoms with Crippen LogP contribution >= 0.6 is 0 Å². The SMILES string of the molecule is O=C(NCCNC(=O)c1ccnc2ccccc12)c1ccccc1O. The Bertz CT molecular complexity index is 919. The quantitative estimate of drug-likeness (QED) is 0.623. The summed E-state index contributed by atoms with van der Waals surface area (Å²) in [5.41, 5.74) is 1.49. The van der Waals surface area contributed by atoms with Crippen molar-refractivity contribution in [2.45, 2.75) is 0 Å². The van der Waals surface area contributed by atoms with Gasteiger partial charge in [0.25, 0.3) is 11.8 Å². The van der Waals surface area contributed by atoms with Crippen LogP contribution in [0.3, 0.4) is 0 Å². The van der Waals surface area contributed by atoms with E-state index in [1.807, 2.05) is 24.3 Å². The summed E-state index contributed by atoms with van der Waals surface area (Å²) in [6.45, 7) is 0.525. The molecule has 0 aliphatic rings. The molecule has 6 nitrogen and oxygen atoms in total. The summed E-state index contributed by atoms with van der Waals surface area (Å²) in [6.07, 6.45) is 1.59. The van der Waals surface area contributed by atoms with E-state index in [1.165, 1.54) is 12.1 Å². The topological polar surface area (TPSA) is 91.3 Å². The molecule has 25 heavy (non-hydrogen) atoms. The third-order valence-corrected chi connectivity index (χ3v) is 3.74. The molecule has 0 unspecified atom stereocenters. The third-order valence-electron chi connectivity index (χ3n) is 3.74. The molecule has 1 heterocycles. The molecule has 6 heteroatoms. The number of nitrogens with one attached hydrogen (secondary N) is 2. The molecule has 1 aromatic heterocycles. The molecule has 126 valence electrons. The lowest BCUT2D eigenvalue weighted by molar-refractivity contribution is 0.0927. The third kappa shape index (κ3) is 3.74. The minimum absolute atomic E-state index is 0.0766. The van der Waals surface area contributed by atoms with Gasteiger partial charge >= 0.3 is 0 Å². The second kappa shape index (κ2) is 7.44. The predicted octanol–water partition coefficient (Wildman–Crippen LogP) is 2.10. The van der Waals surface area contributed by atoms with Gasteiger partial charge in [-0.05, 0) is 24.3 Å². The number of fused-ring (bicyclic) bond motifs is 1. The summed E-state index contributed by atoms with van der Waals surface area (Å²) in [5.74, 6) is -0.690. The van der Waals surface area contributed by atoms with Crippen LogP contribution in [0, 0.1) is 0 Å². The van der Waals surface area contributed by atoms with Gasteiger partial charge in [-0.3, -0.25) is 14.6 Å². The van der Waals surface area contributed by atoms with Gasteiger partial charge in [0.05, 0.1) is 16.6 Å². The van der Waals surface area contributed by atoms with E-state index in [1.54, 1.807) is 24.4 Å². The van der Waals surface area contributed by atoms with Crippen LogP contribution in [0.25, 0.3) is 10.9 Å². The second-order valence-electron chi connectivity index (χ2n) is 5.40. The van der Waals surface area contributed by atoms with Crippen LogP contribution in [0.1, 0.15) is 20.7 Å². The van der Waals surface area contributed by atoms with Gasteiger partial charge in [0.1, 0.15) is 5.75 Å². The molecule has 2 amide bonds. The number of aromatic nitrogens is 1. The molecule has 0 atom stereocenters. The Kier molecular flexibility index (Phi) is 4.89. The second-order valence-corrected chi connectivity index (χ2v) is 5.40. The lowest BCUT2D eigenvalue weighted by Crippen LogP contribution is -2.34. The molecule has 3 N–H and O–H groups in total. The molecular formula is C19H17N3O3. The van der Waals surface area contributed by atoms with Crippen molar-refractivity contribution in [2.24, 2.45) is 0 Å².